The fourth-order valence-electron chi connectivity index (χ4n) is 3.18. The normalized spacial score (nSPS) is 12.2. The standard InChI is InChI=1S/C26H30BrN3O/c1-5-30(4)18-28-25-17-24(27)26(29-19(25)2)31-20(3)23-13-9-12-22(16-23)15-14-21-10-7-6-8-11-21/h6-13,16-18,20H,5,14-15H2,1-4H3. The van der Waals surface area contributed by atoms with Crippen LogP contribution in [0.3, 0.4) is 0 Å². The van der Waals surface area contributed by atoms with Crippen LogP contribution in [0.5, 0.6) is 5.88 Å². The number of rotatable bonds is 9. The molecule has 0 aliphatic rings. The van der Waals surface area contributed by atoms with Crippen LogP contribution in [0, 0.1) is 6.92 Å². The first-order chi connectivity index (χ1) is 15.0. The van der Waals surface area contributed by atoms with Crippen molar-refractivity contribution in [2.45, 2.75) is 39.7 Å². The molecule has 0 radical (unpaired) electrons. The molecule has 0 bridgehead atoms. The number of aryl methyl sites for hydroxylation is 3. The van der Waals surface area contributed by atoms with Crippen molar-refractivity contribution in [3.8, 4) is 5.88 Å². The summed E-state index contributed by atoms with van der Waals surface area (Å²) in [6.07, 6.45) is 3.74. The van der Waals surface area contributed by atoms with Gasteiger partial charge in [-0.3, -0.25) is 0 Å². The van der Waals surface area contributed by atoms with E-state index in [1.54, 1.807) is 0 Å². The molecule has 1 atom stereocenters. The third kappa shape index (κ3) is 6.66. The highest BCUT2D eigenvalue weighted by Crippen LogP contribution is 2.32. The quantitative estimate of drug-likeness (QED) is 0.253. The Balaban J connectivity index is 1.69. The van der Waals surface area contributed by atoms with E-state index in [0.717, 1.165) is 40.8 Å². The van der Waals surface area contributed by atoms with E-state index in [4.69, 9.17) is 4.74 Å². The Bertz CT molecular complexity index is 1020. The minimum Gasteiger partial charge on any atom is -0.469 e. The van der Waals surface area contributed by atoms with Gasteiger partial charge in [0, 0.05) is 13.6 Å². The van der Waals surface area contributed by atoms with Gasteiger partial charge >= 0.3 is 0 Å². The van der Waals surface area contributed by atoms with E-state index in [1.807, 2.05) is 31.3 Å². The second-order valence-electron chi connectivity index (χ2n) is 7.69. The molecule has 0 amide bonds. The van der Waals surface area contributed by atoms with E-state index in [0.29, 0.717) is 5.88 Å². The maximum atomic E-state index is 6.21. The molecule has 0 spiro atoms. The maximum Gasteiger partial charge on any atom is 0.228 e. The molecule has 0 fully saturated rings. The van der Waals surface area contributed by atoms with Gasteiger partial charge in [-0.25, -0.2) is 9.98 Å². The molecule has 0 N–H and O–H groups in total. The van der Waals surface area contributed by atoms with Gasteiger partial charge in [-0.05, 0) is 72.3 Å². The zero-order valence-electron chi connectivity index (χ0n) is 18.7. The van der Waals surface area contributed by atoms with Crippen LogP contribution >= 0.6 is 15.9 Å². The SMILES string of the molecule is CCN(C)C=Nc1cc(Br)c(OC(C)c2cccc(CCc3ccccc3)c2)nc1C. The molecule has 2 aromatic carbocycles. The van der Waals surface area contributed by atoms with Gasteiger partial charge in [0.1, 0.15) is 6.10 Å². The lowest BCUT2D eigenvalue weighted by atomic mass is 10.0. The second kappa shape index (κ2) is 11.1. The fourth-order valence-corrected chi connectivity index (χ4v) is 3.57. The summed E-state index contributed by atoms with van der Waals surface area (Å²) < 4.78 is 7.01. The summed E-state index contributed by atoms with van der Waals surface area (Å²) in [4.78, 5) is 11.2. The molecule has 0 saturated heterocycles. The number of hydrogen-bond acceptors (Lipinski definition) is 3. The number of hydrogen-bond donors (Lipinski definition) is 0. The summed E-state index contributed by atoms with van der Waals surface area (Å²) in [5.74, 6) is 0.586. The van der Waals surface area contributed by atoms with E-state index >= 15 is 0 Å². The van der Waals surface area contributed by atoms with Crippen molar-refractivity contribution in [1.29, 1.82) is 0 Å². The zero-order chi connectivity index (χ0) is 22.2. The van der Waals surface area contributed by atoms with Gasteiger partial charge in [0.05, 0.1) is 22.2 Å². The average Bonchev–Trinajstić information content (AvgIpc) is 2.79. The summed E-state index contributed by atoms with van der Waals surface area (Å²) in [6.45, 7) is 7.00. The number of aliphatic imine (C=N–C) groups is 1. The maximum absolute atomic E-state index is 6.21. The predicted molar refractivity (Wildman–Crippen MR) is 132 cm³/mol. The van der Waals surface area contributed by atoms with E-state index in [2.05, 4.69) is 94.4 Å². The van der Waals surface area contributed by atoms with E-state index < -0.39 is 0 Å². The van der Waals surface area contributed by atoms with Crippen molar-refractivity contribution in [3.63, 3.8) is 0 Å². The molecule has 0 saturated carbocycles. The van der Waals surface area contributed by atoms with E-state index in [-0.39, 0.29) is 6.10 Å². The topological polar surface area (TPSA) is 37.7 Å². The number of ether oxygens (including phenoxy) is 1. The van der Waals surface area contributed by atoms with Crippen molar-refractivity contribution >= 4 is 28.0 Å². The summed E-state index contributed by atoms with van der Waals surface area (Å²) >= 11 is 3.60. The van der Waals surface area contributed by atoms with Gasteiger partial charge in [-0.15, -0.1) is 0 Å². The molecule has 31 heavy (non-hydrogen) atoms. The van der Waals surface area contributed by atoms with Gasteiger partial charge in [-0.1, -0.05) is 54.6 Å². The van der Waals surface area contributed by atoms with Crippen LogP contribution in [-0.2, 0) is 12.8 Å². The first-order valence-electron chi connectivity index (χ1n) is 10.7. The summed E-state index contributed by atoms with van der Waals surface area (Å²) in [6, 6.07) is 21.2. The lowest BCUT2D eigenvalue weighted by Gasteiger charge is -2.17. The predicted octanol–water partition coefficient (Wildman–Crippen LogP) is 6.69. The largest absolute Gasteiger partial charge is 0.469 e. The fraction of sp³-hybridized carbons (Fsp3) is 0.308. The van der Waals surface area contributed by atoms with Gasteiger partial charge in [0.15, 0.2) is 0 Å². The Labute approximate surface area is 194 Å². The molecule has 1 aromatic heterocycles. The van der Waals surface area contributed by atoms with Gasteiger partial charge in [0.2, 0.25) is 5.88 Å². The summed E-state index contributed by atoms with van der Waals surface area (Å²) in [5.41, 5.74) is 5.47. The number of nitrogens with zero attached hydrogens (tertiary/aromatic N) is 3. The first kappa shape index (κ1) is 23.0. The number of benzene rings is 2. The second-order valence-corrected chi connectivity index (χ2v) is 8.54. The lowest BCUT2D eigenvalue weighted by molar-refractivity contribution is 0.215. The van der Waals surface area contributed by atoms with Gasteiger partial charge in [-0.2, -0.15) is 0 Å². The van der Waals surface area contributed by atoms with Crippen LogP contribution in [0.25, 0.3) is 0 Å². The van der Waals surface area contributed by atoms with Gasteiger partial charge < -0.3 is 9.64 Å². The first-order valence-corrected chi connectivity index (χ1v) is 11.5. The molecule has 3 rings (SSSR count). The van der Waals surface area contributed by atoms with Crippen LogP contribution in [0.2, 0.25) is 0 Å². The van der Waals surface area contributed by atoms with Crippen LogP contribution in [-0.4, -0.2) is 29.8 Å². The minimum absolute atomic E-state index is 0.111. The highest BCUT2D eigenvalue weighted by atomic mass is 79.9. The van der Waals surface area contributed by atoms with E-state index in [9.17, 15) is 0 Å². The number of aromatic nitrogens is 1. The van der Waals surface area contributed by atoms with Crippen LogP contribution < -0.4 is 4.74 Å². The minimum atomic E-state index is -0.111. The smallest absolute Gasteiger partial charge is 0.228 e. The molecular weight excluding hydrogens is 450 g/mol. The van der Waals surface area contributed by atoms with Crippen molar-refractivity contribution < 1.29 is 4.74 Å². The number of halogens is 1. The van der Waals surface area contributed by atoms with Gasteiger partial charge in [0.25, 0.3) is 0 Å². The lowest BCUT2D eigenvalue weighted by Crippen LogP contribution is -2.14. The molecule has 1 heterocycles. The van der Waals surface area contributed by atoms with Crippen LogP contribution in [0.1, 0.15) is 42.3 Å². The molecule has 4 nitrogen and oxygen atoms in total. The van der Waals surface area contributed by atoms with Crippen LogP contribution in [0.15, 0.2) is 70.1 Å². The Hall–Kier alpha value is -2.66. The highest BCUT2D eigenvalue weighted by Gasteiger charge is 2.14. The van der Waals surface area contributed by atoms with Crippen molar-refractivity contribution in [1.82, 2.24) is 9.88 Å². The molecule has 0 aliphatic carbocycles. The molecule has 0 aliphatic heterocycles. The third-order valence-electron chi connectivity index (χ3n) is 5.25. The Morgan fingerprint density at radius 3 is 2.52 bits per heavy atom. The number of pyridine rings is 1. The van der Waals surface area contributed by atoms with Crippen molar-refractivity contribution in [3.05, 3.63) is 87.5 Å². The average molecular weight is 480 g/mol. The highest BCUT2D eigenvalue weighted by molar-refractivity contribution is 9.10. The molecule has 5 heteroatoms. The molecule has 162 valence electrons. The molecule has 1 unspecified atom stereocenters. The zero-order valence-corrected chi connectivity index (χ0v) is 20.3. The Morgan fingerprint density at radius 1 is 1.06 bits per heavy atom. The summed E-state index contributed by atoms with van der Waals surface area (Å²) in [5, 5.41) is 0. The Kier molecular flexibility index (Phi) is 8.24. The monoisotopic (exact) mass is 479 g/mol. The van der Waals surface area contributed by atoms with Crippen molar-refractivity contribution in [2.75, 3.05) is 13.6 Å². The summed E-state index contributed by atoms with van der Waals surface area (Å²) in [7, 11) is 1.99. The van der Waals surface area contributed by atoms with Crippen molar-refractivity contribution in [2.24, 2.45) is 4.99 Å². The third-order valence-corrected chi connectivity index (χ3v) is 5.82. The van der Waals surface area contributed by atoms with Crippen LogP contribution in [0.4, 0.5) is 5.69 Å². The Morgan fingerprint density at radius 2 is 1.77 bits per heavy atom. The molecular formula is C26H30BrN3O. The van der Waals surface area contributed by atoms with E-state index in [1.165, 1.54) is 11.1 Å². The molecule has 3 aromatic rings.